The molecule has 2 nitrogen and oxygen atoms in total. The minimum absolute atomic E-state index is 0.115. The van der Waals surface area contributed by atoms with E-state index in [1.807, 2.05) is 30.5 Å². The molecule has 0 N–H and O–H groups in total. The van der Waals surface area contributed by atoms with E-state index in [0.717, 1.165) is 16.3 Å². The lowest BCUT2D eigenvalue weighted by molar-refractivity contribution is 0.794. The Hall–Kier alpha value is -1.57. The first kappa shape index (κ1) is 9.97. The van der Waals surface area contributed by atoms with Crippen LogP contribution in [0.4, 0.5) is 0 Å². The van der Waals surface area contributed by atoms with Gasteiger partial charge in [0, 0.05) is 18.8 Å². The zero-order chi connectivity index (χ0) is 11.0. The molecule has 15 heavy (non-hydrogen) atoms. The summed E-state index contributed by atoms with van der Waals surface area (Å²) in [6.07, 6.45) is 1.89. The maximum Gasteiger partial charge on any atom is 0.254 e. The molecule has 1 aromatic heterocycles. The van der Waals surface area contributed by atoms with Crippen molar-refractivity contribution in [3.63, 3.8) is 0 Å². The number of aromatic nitrogens is 1. The van der Waals surface area contributed by atoms with Crippen LogP contribution in [0.1, 0.15) is 25.3 Å². The maximum absolute atomic E-state index is 12.0. The van der Waals surface area contributed by atoms with Gasteiger partial charge < -0.3 is 4.57 Å². The summed E-state index contributed by atoms with van der Waals surface area (Å²) in [7, 11) is 1.81. The zero-order valence-electron chi connectivity index (χ0n) is 9.32. The van der Waals surface area contributed by atoms with Gasteiger partial charge in [0.15, 0.2) is 0 Å². The number of hydrogen-bond acceptors (Lipinski definition) is 1. The highest BCUT2D eigenvalue weighted by Crippen LogP contribution is 2.21. The molecule has 0 saturated carbocycles. The summed E-state index contributed by atoms with van der Waals surface area (Å²) in [4.78, 5) is 12.0. The molecule has 0 radical (unpaired) electrons. The second kappa shape index (κ2) is 3.54. The molecule has 0 bridgehead atoms. The summed E-state index contributed by atoms with van der Waals surface area (Å²) >= 11 is 0. The van der Waals surface area contributed by atoms with Crippen molar-refractivity contribution in [3.8, 4) is 0 Å². The highest BCUT2D eigenvalue weighted by atomic mass is 16.1. The molecule has 0 amide bonds. The third-order valence-electron chi connectivity index (χ3n) is 2.71. The van der Waals surface area contributed by atoms with E-state index in [4.69, 9.17) is 0 Å². The van der Waals surface area contributed by atoms with E-state index in [1.165, 1.54) is 0 Å². The van der Waals surface area contributed by atoms with Crippen molar-refractivity contribution in [1.82, 2.24) is 4.57 Å². The molecule has 2 aromatic rings. The van der Waals surface area contributed by atoms with Crippen molar-refractivity contribution in [1.29, 1.82) is 0 Å². The number of nitrogens with zero attached hydrogens (tertiary/aromatic N) is 1. The van der Waals surface area contributed by atoms with Gasteiger partial charge >= 0.3 is 0 Å². The molecule has 0 spiro atoms. The van der Waals surface area contributed by atoms with Gasteiger partial charge in [0.2, 0.25) is 0 Å². The highest BCUT2D eigenvalue weighted by Gasteiger charge is 2.10. The van der Waals surface area contributed by atoms with Gasteiger partial charge in [-0.25, -0.2) is 0 Å². The van der Waals surface area contributed by atoms with Crippen LogP contribution in [0.3, 0.4) is 0 Å². The second-order valence-electron chi connectivity index (χ2n) is 4.20. The van der Waals surface area contributed by atoms with Crippen LogP contribution in [0.2, 0.25) is 0 Å². The fourth-order valence-corrected chi connectivity index (χ4v) is 1.99. The fraction of sp³-hybridized carbons (Fsp3) is 0.308. The number of fused-ring (bicyclic) bond motifs is 1. The Labute approximate surface area is 89.2 Å². The summed E-state index contributed by atoms with van der Waals surface area (Å²) in [6.45, 7) is 4.12. The van der Waals surface area contributed by atoms with Gasteiger partial charge in [-0.1, -0.05) is 38.1 Å². The largest absolute Gasteiger partial charge is 0.318 e. The molecule has 2 heteroatoms. The van der Waals surface area contributed by atoms with Crippen molar-refractivity contribution in [2.45, 2.75) is 19.8 Å². The number of hydrogen-bond donors (Lipinski definition) is 0. The third-order valence-corrected chi connectivity index (χ3v) is 2.71. The molecule has 78 valence electrons. The highest BCUT2D eigenvalue weighted by molar-refractivity contribution is 5.85. The van der Waals surface area contributed by atoms with Gasteiger partial charge in [-0.05, 0) is 16.7 Å². The van der Waals surface area contributed by atoms with E-state index in [0.29, 0.717) is 0 Å². The number of benzene rings is 1. The lowest BCUT2D eigenvalue weighted by atomic mass is 9.98. The van der Waals surface area contributed by atoms with Gasteiger partial charge in [-0.2, -0.15) is 0 Å². The van der Waals surface area contributed by atoms with Gasteiger partial charge in [0.1, 0.15) is 0 Å². The molecule has 0 atom stereocenters. The molecule has 0 aliphatic carbocycles. The van der Waals surface area contributed by atoms with Gasteiger partial charge in [-0.15, -0.1) is 0 Å². The minimum atomic E-state index is 0.115. The van der Waals surface area contributed by atoms with Gasteiger partial charge in [0.05, 0.1) is 0 Å². The molecule has 0 aliphatic rings. The van der Waals surface area contributed by atoms with Crippen LogP contribution >= 0.6 is 0 Å². The predicted molar refractivity (Wildman–Crippen MR) is 63.3 cm³/mol. The molecule has 1 heterocycles. The van der Waals surface area contributed by atoms with Crippen LogP contribution in [-0.2, 0) is 7.05 Å². The van der Waals surface area contributed by atoms with Crippen LogP contribution in [0.5, 0.6) is 0 Å². The topological polar surface area (TPSA) is 22.0 Å². The first-order chi connectivity index (χ1) is 7.11. The Kier molecular flexibility index (Phi) is 2.35. The monoisotopic (exact) mass is 201 g/mol. The molecule has 0 saturated heterocycles. The van der Waals surface area contributed by atoms with Crippen LogP contribution in [0.15, 0.2) is 35.3 Å². The molecule has 0 fully saturated rings. The zero-order valence-corrected chi connectivity index (χ0v) is 9.32. The van der Waals surface area contributed by atoms with Crippen molar-refractivity contribution in [2.75, 3.05) is 0 Å². The molecule has 0 unspecified atom stereocenters. The van der Waals surface area contributed by atoms with Crippen LogP contribution in [0, 0.1) is 0 Å². The SMILES string of the molecule is CC(C)c1c(=O)n(C)cc2ccccc12. The quantitative estimate of drug-likeness (QED) is 0.695. The standard InChI is InChI=1S/C13H15NO/c1-9(2)12-11-7-5-4-6-10(11)8-14(3)13(12)15/h4-9H,1-3H3. The van der Waals surface area contributed by atoms with Gasteiger partial charge in [0.25, 0.3) is 5.56 Å². The normalized spacial score (nSPS) is 11.2. The molecule has 1 aromatic carbocycles. The Morgan fingerprint density at radius 1 is 1.20 bits per heavy atom. The average molecular weight is 201 g/mol. The Morgan fingerprint density at radius 2 is 1.87 bits per heavy atom. The second-order valence-corrected chi connectivity index (χ2v) is 4.20. The molecule has 2 rings (SSSR count). The van der Waals surface area contributed by atoms with E-state index in [1.54, 1.807) is 11.6 Å². The van der Waals surface area contributed by atoms with E-state index >= 15 is 0 Å². The lowest BCUT2D eigenvalue weighted by Crippen LogP contribution is -2.21. The Bertz CT molecular complexity index is 552. The van der Waals surface area contributed by atoms with Crippen LogP contribution in [0.25, 0.3) is 10.8 Å². The maximum atomic E-state index is 12.0. The summed E-state index contributed by atoms with van der Waals surface area (Å²) in [5, 5.41) is 2.21. The molecular weight excluding hydrogens is 186 g/mol. The van der Waals surface area contributed by atoms with Crippen LogP contribution < -0.4 is 5.56 Å². The van der Waals surface area contributed by atoms with Crippen LogP contribution in [-0.4, -0.2) is 4.57 Å². The summed E-state index contributed by atoms with van der Waals surface area (Å²) < 4.78 is 1.66. The Morgan fingerprint density at radius 3 is 2.53 bits per heavy atom. The lowest BCUT2D eigenvalue weighted by Gasteiger charge is -2.11. The first-order valence-corrected chi connectivity index (χ1v) is 5.19. The number of aryl methyl sites for hydroxylation is 1. The first-order valence-electron chi connectivity index (χ1n) is 5.19. The van der Waals surface area contributed by atoms with Crippen molar-refractivity contribution in [3.05, 3.63) is 46.4 Å². The van der Waals surface area contributed by atoms with Crippen molar-refractivity contribution < 1.29 is 0 Å². The molecular formula is C13H15NO. The fourth-order valence-electron chi connectivity index (χ4n) is 1.99. The Balaban J connectivity index is 2.96. The van der Waals surface area contributed by atoms with Crippen molar-refractivity contribution in [2.24, 2.45) is 7.05 Å². The average Bonchev–Trinajstić information content (AvgIpc) is 2.19. The number of rotatable bonds is 1. The third kappa shape index (κ3) is 1.56. The predicted octanol–water partition coefficient (Wildman–Crippen LogP) is 2.66. The van der Waals surface area contributed by atoms with Crippen molar-refractivity contribution >= 4 is 10.8 Å². The summed E-state index contributed by atoms with van der Waals surface area (Å²) in [6, 6.07) is 8.04. The molecule has 0 aliphatic heterocycles. The number of pyridine rings is 1. The van der Waals surface area contributed by atoms with E-state index < -0.39 is 0 Å². The van der Waals surface area contributed by atoms with E-state index in [-0.39, 0.29) is 11.5 Å². The van der Waals surface area contributed by atoms with E-state index in [2.05, 4.69) is 13.8 Å². The minimum Gasteiger partial charge on any atom is -0.318 e. The van der Waals surface area contributed by atoms with E-state index in [9.17, 15) is 4.79 Å². The summed E-state index contributed by atoms with van der Waals surface area (Å²) in [5.74, 6) is 0.259. The summed E-state index contributed by atoms with van der Waals surface area (Å²) in [5.41, 5.74) is 1.03. The van der Waals surface area contributed by atoms with Gasteiger partial charge in [-0.3, -0.25) is 4.79 Å². The smallest absolute Gasteiger partial charge is 0.254 e.